The number of rotatable bonds is 5. The van der Waals surface area contributed by atoms with Crippen molar-refractivity contribution in [2.24, 2.45) is 0 Å². The molecule has 1 aliphatic rings. The van der Waals surface area contributed by atoms with E-state index in [2.05, 4.69) is 32.3 Å². The highest BCUT2D eigenvalue weighted by Gasteiger charge is 2.17. The molecule has 0 bridgehead atoms. The van der Waals surface area contributed by atoms with Crippen LogP contribution in [0.1, 0.15) is 28.6 Å². The van der Waals surface area contributed by atoms with Crippen molar-refractivity contribution < 1.29 is 4.79 Å². The summed E-state index contributed by atoms with van der Waals surface area (Å²) >= 11 is 1.83. The molecule has 2 aromatic rings. The number of nitrogens with zero attached hydrogens (tertiary/aromatic N) is 4. The van der Waals surface area contributed by atoms with E-state index >= 15 is 0 Å². The van der Waals surface area contributed by atoms with E-state index in [4.69, 9.17) is 0 Å². The van der Waals surface area contributed by atoms with Crippen LogP contribution in [0.25, 0.3) is 0 Å². The first-order valence-corrected chi connectivity index (χ1v) is 9.76. The Morgan fingerprint density at radius 3 is 2.80 bits per heavy atom. The summed E-state index contributed by atoms with van der Waals surface area (Å²) in [4.78, 5) is 24.7. The molecule has 1 amide bonds. The monoisotopic (exact) mass is 358 g/mol. The number of aromatic nitrogens is 1. The normalized spacial score (nSPS) is 15.8. The van der Waals surface area contributed by atoms with Crippen LogP contribution in [0.15, 0.2) is 35.8 Å². The number of pyridine rings is 1. The van der Waals surface area contributed by atoms with E-state index in [9.17, 15) is 4.79 Å². The van der Waals surface area contributed by atoms with Gasteiger partial charge in [-0.1, -0.05) is 6.07 Å². The second-order valence-electron chi connectivity index (χ2n) is 6.42. The molecular formula is C19H26N4OS. The zero-order valence-corrected chi connectivity index (χ0v) is 15.8. The minimum Gasteiger partial charge on any atom is -0.355 e. The molecule has 3 heterocycles. The second kappa shape index (κ2) is 8.45. The average Bonchev–Trinajstić information content (AvgIpc) is 3.05. The lowest BCUT2D eigenvalue weighted by atomic mass is 10.2. The van der Waals surface area contributed by atoms with Gasteiger partial charge in [0, 0.05) is 57.4 Å². The lowest BCUT2D eigenvalue weighted by Gasteiger charge is -2.23. The van der Waals surface area contributed by atoms with Gasteiger partial charge in [0.25, 0.3) is 5.91 Å². The summed E-state index contributed by atoms with van der Waals surface area (Å²) in [5.74, 6) is 0.994. The predicted octanol–water partition coefficient (Wildman–Crippen LogP) is 2.95. The maximum absolute atomic E-state index is 12.2. The summed E-state index contributed by atoms with van der Waals surface area (Å²) in [5.41, 5.74) is 0.655. The van der Waals surface area contributed by atoms with Gasteiger partial charge in [-0.2, -0.15) is 0 Å². The van der Waals surface area contributed by atoms with Crippen LogP contribution in [0.3, 0.4) is 0 Å². The lowest BCUT2D eigenvalue weighted by molar-refractivity contribution is 0.0802. The van der Waals surface area contributed by atoms with Gasteiger partial charge < -0.3 is 9.80 Å². The van der Waals surface area contributed by atoms with Crippen LogP contribution < -0.4 is 4.90 Å². The predicted molar refractivity (Wildman–Crippen MR) is 103 cm³/mol. The molecule has 0 saturated carbocycles. The van der Waals surface area contributed by atoms with Crippen LogP contribution in [0.5, 0.6) is 0 Å². The molecule has 3 rings (SSSR count). The minimum atomic E-state index is 0.0274. The Hall–Kier alpha value is -1.92. The highest BCUT2D eigenvalue weighted by atomic mass is 32.1. The zero-order chi connectivity index (χ0) is 17.6. The van der Waals surface area contributed by atoms with Gasteiger partial charge in [0.15, 0.2) is 0 Å². The van der Waals surface area contributed by atoms with E-state index in [0.717, 1.165) is 45.0 Å². The van der Waals surface area contributed by atoms with Gasteiger partial charge in [-0.3, -0.25) is 9.69 Å². The largest absolute Gasteiger partial charge is 0.355 e. The van der Waals surface area contributed by atoms with E-state index in [1.54, 1.807) is 11.1 Å². The molecule has 25 heavy (non-hydrogen) atoms. The molecule has 0 aromatic carbocycles. The molecule has 0 spiro atoms. The molecule has 0 N–H and O–H groups in total. The summed E-state index contributed by atoms with van der Waals surface area (Å²) in [5, 5.41) is 2.14. The number of anilines is 1. The number of hydrogen-bond donors (Lipinski definition) is 0. The third kappa shape index (κ3) is 4.58. The molecular weight excluding hydrogens is 332 g/mol. The van der Waals surface area contributed by atoms with Crippen molar-refractivity contribution in [1.82, 2.24) is 14.8 Å². The molecule has 1 aliphatic heterocycles. The maximum atomic E-state index is 12.2. The second-order valence-corrected chi connectivity index (χ2v) is 7.45. The van der Waals surface area contributed by atoms with Crippen LogP contribution in [0, 0.1) is 0 Å². The summed E-state index contributed by atoms with van der Waals surface area (Å²) in [7, 11) is 1.81. The van der Waals surface area contributed by atoms with Crippen molar-refractivity contribution >= 4 is 23.1 Å². The van der Waals surface area contributed by atoms with Gasteiger partial charge in [0.2, 0.25) is 0 Å². The van der Waals surface area contributed by atoms with Gasteiger partial charge in [0.05, 0.1) is 5.56 Å². The fourth-order valence-electron chi connectivity index (χ4n) is 3.04. The summed E-state index contributed by atoms with van der Waals surface area (Å²) < 4.78 is 0. The van der Waals surface area contributed by atoms with Crippen LogP contribution in [-0.2, 0) is 6.54 Å². The van der Waals surface area contributed by atoms with E-state index in [1.807, 2.05) is 37.4 Å². The highest BCUT2D eigenvalue weighted by molar-refractivity contribution is 7.09. The third-order valence-electron chi connectivity index (χ3n) is 4.69. The average molecular weight is 359 g/mol. The van der Waals surface area contributed by atoms with Gasteiger partial charge in [-0.15, -0.1) is 11.3 Å². The number of hydrogen-bond acceptors (Lipinski definition) is 5. The molecule has 6 heteroatoms. The lowest BCUT2D eigenvalue weighted by Crippen LogP contribution is -2.31. The molecule has 0 atom stereocenters. The summed E-state index contributed by atoms with van der Waals surface area (Å²) in [6, 6.07) is 8.20. The first-order valence-electron chi connectivity index (χ1n) is 8.88. The van der Waals surface area contributed by atoms with Crippen molar-refractivity contribution in [2.75, 3.05) is 44.7 Å². The zero-order valence-electron chi connectivity index (χ0n) is 15.0. The Morgan fingerprint density at radius 1 is 1.24 bits per heavy atom. The van der Waals surface area contributed by atoms with Gasteiger partial charge in [-0.25, -0.2) is 4.98 Å². The number of carbonyl (C=O) groups is 1. The Labute approximate surface area is 153 Å². The van der Waals surface area contributed by atoms with Crippen molar-refractivity contribution in [3.63, 3.8) is 0 Å². The molecule has 134 valence electrons. The third-order valence-corrected chi connectivity index (χ3v) is 5.55. The minimum absolute atomic E-state index is 0.0274. The fraction of sp³-hybridized carbons (Fsp3) is 0.474. The van der Waals surface area contributed by atoms with Gasteiger partial charge in [0.1, 0.15) is 5.82 Å². The molecule has 1 saturated heterocycles. The number of amides is 1. The Bertz CT molecular complexity index is 671. The van der Waals surface area contributed by atoms with E-state index < -0.39 is 0 Å². The van der Waals surface area contributed by atoms with Crippen molar-refractivity contribution in [3.05, 3.63) is 46.3 Å². The van der Waals surface area contributed by atoms with Crippen molar-refractivity contribution in [1.29, 1.82) is 0 Å². The fourth-order valence-corrected chi connectivity index (χ4v) is 3.79. The van der Waals surface area contributed by atoms with Crippen molar-refractivity contribution in [3.8, 4) is 0 Å². The highest BCUT2D eigenvalue weighted by Crippen LogP contribution is 2.17. The maximum Gasteiger partial charge on any atom is 0.255 e. The van der Waals surface area contributed by atoms with Gasteiger partial charge in [-0.05, 0) is 36.9 Å². The summed E-state index contributed by atoms with van der Waals surface area (Å²) in [6.07, 6.45) is 2.84. The van der Waals surface area contributed by atoms with Crippen LogP contribution in [0.4, 0.5) is 5.82 Å². The van der Waals surface area contributed by atoms with Gasteiger partial charge >= 0.3 is 0 Å². The van der Waals surface area contributed by atoms with E-state index in [0.29, 0.717) is 12.1 Å². The van der Waals surface area contributed by atoms with E-state index in [1.165, 1.54) is 4.88 Å². The molecule has 2 aromatic heterocycles. The number of carbonyl (C=O) groups excluding carboxylic acids is 1. The Kier molecular flexibility index (Phi) is 6.04. The SMILES string of the molecule is CCN(C)C(=O)c1ccc(N2CCCN(Cc3cccs3)CC2)nc1. The molecule has 5 nitrogen and oxygen atoms in total. The Morgan fingerprint density at radius 2 is 2.12 bits per heavy atom. The molecule has 0 aliphatic carbocycles. The molecule has 1 fully saturated rings. The first kappa shape index (κ1) is 17.9. The van der Waals surface area contributed by atoms with Crippen LogP contribution in [0.2, 0.25) is 0 Å². The standard InChI is InChI=1S/C19H26N4OS/c1-3-21(2)19(24)16-7-8-18(20-14-16)23-10-5-9-22(11-12-23)15-17-6-4-13-25-17/h4,6-8,13-14H,3,5,9-12,15H2,1-2H3. The smallest absolute Gasteiger partial charge is 0.255 e. The van der Waals surface area contributed by atoms with Crippen LogP contribution >= 0.6 is 11.3 Å². The van der Waals surface area contributed by atoms with Crippen molar-refractivity contribution in [2.45, 2.75) is 19.9 Å². The quantitative estimate of drug-likeness (QED) is 0.824. The first-order chi connectivity index (χ1) is 12.2. The van der Waals surface area contributed by atoms with Crippen LogP contribution in [-0.4, -0.2) is 60.5 Å². The molecule has 0 unspecified atom stereocenters. The molecule has 0 radical (unpaired) electrons. The number of thiophene rings is 1. The van der Waals surface area contributed by atoms with E-state index in [-0.39, 0.29) is 5.91 Å². The Balaban J connectivity index is 1.59. The topological polar surface area (TPSA) is 39.7 Å². The summed E-state index contributed by atoms with van der Waals surface area (Å²) in [6.45, 7) is 7.85.